The van der Waals surface area contributed by atoms with Crippen LogP contribution in [0.4, 0.5) is 13.2 Å². The van der Waals surface area contributed by atoms with E-state index in [0.717, 1.165) is 49.7 Å². The van der Waals surface area contributed by atoms with E-state index < -0.39 is 11.6 Å². The summed E-state index contributed by atoms with van der Waals surface area (Å²) in [6.07, 6.45) is 8.23. The molecule has 0 amide bonds. The molecule has 2 aliphatic rings. The van der Waals surface area contributed by atoms with Gasteiger partial charge in [0.15, 0.2) is 11.6 Å². The summed E-state index contributed by atoms with van der Waals surface area (Å²) in [5, 5.41) is 10.3. The number of halogens is 3. The molecule has 1 N–H and O–H groups in total. The van der Waals surface area contributed by atoms with E-state index >= 15 is 8.78 Å². The Morgan fingerprint density at radius 1 is 0.865 bits per heavy atom. The summed E-state index contributed by atoms with van der Waals surface area (Å²) >= 11 is 0. The number of aliphatic hydroxyl groups excluding tert-OH is 1. The molecule has 0 bridgehead atoms. The largest absolute Gasteiger partial charge is 0.393 e. The molecule has 3 aromatic carbocycles. The van der Waals surface area contributed by atoms with Crippen LogP contribution in [0.1, 0.15) is 79.7 Å². The van der Waals surface area contributed by atoms with Crippen LogP contribution in [0, 0.1) is 23.4 Å². The van der Waals surface area contributed by atoms with Crippen LogP contribution in [-0.2, 0) is 4.74 Å². The molecule has 1 heterocycles. The zero-order chi connectivity index (χ0) is 25.9. The first-order chi connectivity index (χ1) is 17.9. The van der Waals surface area contributed by atoms with E-state index in [1.54, 1.807) is 30.3 Å². The van der Waals surface area contributed by atoms with E-state index in [9.17, 15) is 9.50 Å². The molecule has 2 nitrogen and oxygen atoms in total. The van der Waals surface area contributed by atoms with Crippen LogP contribution in [0.5, 0.6) is 0 Å². The van der Waals surface area contributed by atoms with Gasteiger partial charge in [-0.2, -0.15) is 0 Å². The van der Waals surface area contributed by atoms with E-state index in [0.29, 0.717) is 23.3 Å². The average Bonchev–Trinajstić information content (AvgIpc) is 3.75. The molecule has 2 fully saturated rings. The van der Waals surface area contributed by atoms with E-state index in [1.165, 1.54) is 6.07 Å². The van der Waals surface area contributed by atoms with Crippen LogP contribution in [-0.4, -0.2) is 17.8 Å². The Morgan fingerprint density at radius 3 is 2.16 bits per heavy atom. The van der Waals surface area contributed by atoms with Gasteiger partial charge in [0.2, 0.25) is 0 Å². The van der Waals surface area contributed by atoms with Crippen molar-refractivity contribution in [1.29, 1.82) is 0 Å². The molecule has 1 saturated heterocycles. The summed E-state index contributed by atoms with van der Waals surface area (Å²) in [7, 11) is 0. The van der Waals surface area contributed by atoms with Crippen LogP contribution in [0.2, 0.25) is 0 Å². The Hall–Kier alpha value is -2.89. The first-order valence-electron chi connectivity index (χ1n) is 13.3. The monoisotopic (exact) mass is 506 g/mol. The Bertz CT molecular complexity index is 1260. The second-order valence-corrected chi connectivity index (χ2v) is 10.4. The van der Waals surface area contributed by atoms with Crippen molar-refractivity contribution in [1.82, 2.24) is 0 Å². The minimum Gasteiger partial charge on any atom is -0.393 e. The van der Waals surface area contributed by atoms with Gasteiger partial charge in [-0.25, -0.2) is 13.2 Å². The molecular formula is C32H33F3O2. The summed E-state index contributed by atoms with van der Waals surface area (Å²) in [6, 6.07) is 15.7. The van der Waals surface area contributed by atoms with E-state index in [1.807, 2.05) is 30.4 Å². The number of aliphatic hydroxyl groups is 1. The lowest BCUT2D eigenvalue weighted by molar-refractivity contribution is 0.0727. The highest BCUT2D eigenvalue weighted by atomic mass is 19.2. The number of ether oxygens (including phenoxy) is 1. The molecule has 0 spiro atoms. The highest BCUT2D eigenvalue weighted by Gasteiger charge is 2.30. The first-order valence-corrected chi connectivity index (χ1v) is 13.3. The number of epoxide rings is 1. The third kappa shape index (κ3) is 5.83. The summed E-state index contributed by atoms with van der Waals surface area (Å²) in [6.45, 7) is 2.63. The fourth-order valence-corrected chi connectivity index (χ4v) is 5.55. The summed E-state index contributed by atoms with van der Waals surface area (Å²) < 4.78 is 49.6. The maximum atomic E-state index is 15.1. The van der Waals surface area contributed by atoms with Gasteiger partial charge in [-0.05, 0) is 72.3 Å². The van der Waals surface area contributed by atoms with Crippen LogP contribution in [0.25, 0.3) is 23.3 Å². The number of hydrogen-bond donors (Lipinski definition) is 1. The number of rotatable bonds is 8. The van der Waals surface area contributed by atoms with Crippen molar-refractivity contribution in [2.24, 2.45) is 5.92 Å². The van der Waals surface area contributed by atoms with E-state index in [-0.39, 0.29) is 35.4 Å². The molecule has 2 unspecified atom stereocenters. The Kier molecular flexibility index (Phi) is 7.82. The van der Waals surface area contributed by atoms with Gasteiger partial charge in [0.25, 0.3) is 0 Å². The van der Waals surface area contributed by atoms with Crippen molar-refractivity contribution < 1.29 is 23.0 Å². The standard InChI is InChI=1S/C32H33F3O2/c1-2-3-29(36)24-13-11-23(12-14-24)26-17-16-25(31(34)32(26)35)22-9-6-20(7-10-22)4-5-21-8-15-27(28(33)18-21)30-19-37-30/h4-10,15-18,23-24,29-30,36H,2-3,11-14,19H2,1H3/b5-4+. The molecule has 3 aromatic rings. The van der Waals surface area contributed by atoms with Gasteiger partial charge in [0.1, 0.15) is 11.9 Å². The molecule has 0 aromatic heterocycles. The minimum atomic E-state index is -0.816. The zero-order valence-electron chi connectivity index (χ0n) is 21.1. The molecule has 2 atom stereocenters. The normalized spacial score (nSPS) is 22.4. The molecule has 5 heteroatoms. The van der Waals surface area contributed by atoms with Gasteiger partial charge in [0.05, 0.1) is 12.7 Å². The maximum absolute atomic E-state index is 15.1. The van der Waals surface area contributed by atoms with Crippen molar-refractivity contribution >= 4 is 12.2 Å². The minimum absolute atomic E-state index is 0.0168. The smallest absolute Gasteiger partial charge is 0.166 e. The molecule has 194 valence electrons. The lowest BCUT2D eigenvalue weighted by atomic mass is 9.75. The van der Waals surface area contributed by atoms with Gasteiger partial charge >= 0.3 is 0 Å². The molecular weight excluding hydrogens is 473 g/mol. The highest BCUT2D eigenvalue weighted by Crippen LogP contribution is 2.40. The lowest BCUT2D eigenvalue weighted by Gasteiger charge is -2.32. The Balaban J connectivity index is 1.26. The predicted octanol–water partition coefficient (Wildman–Crippen LogP) is 8.45. The predicted molar refractivity (Wildman–Crippen MR) is 141 cm³/mol. The van der Waals surface area contributed by atoms with Gasteiger partial charge in [-0.15, -0.1) is 0 Å². The van der Waals surface area contributed by atoms with Crippen molar-refractivity contribution in [3.63, 3.8) is 0 Å². The SMILES string of the molecule is CCCC(O)C1CCC(c2ccc(-c3ccc(/C=C/c4ccc(C5CO5)c(F)c4)cc3)c(F)c2F)CC1. The molecule has 1 aliphatic heterocycles. The fourth-order valence-electron chi connectivity index (χ4n) is 5.55. The molecule has 1 aliphatic carbocycles. The fraction of sp³-hybridized carbons (Fsp3) is 0.375. The third-order valence-corrected chi connectivity index (χ3v) is 7.85. The highest BCUT2D eigenvalue weighted by molar-refractivity contribution is 5.72. The van der Waals surface area contributed by atoms with Crippen LogP contribution >= 0.6 is 0 Å². The van der Waals surface area contributed by atoms with Gasteiger partial charge in [-0.3, -0.25) is 0 Å². The topological polar surface area (TPSA) is 32.8 Å². The van der Waals surface area contributed by atoms with Gasteiger partial charge in [-0.1, -0.05) is 74.0 Å². The van der Waals surface area contributed by atoms with Crippen molar-refractivity contribution in [2.75, 3.05) is 6.61 Å². The van der Waals surface area contributed by atoms with Gasteiger partial charge in [0, 0.05) is 11.1 Å². The average molecular weight is 507 g/mol. The summed E-state index contributed by atoms with van der Waals surface area (Å²) in [4.78, 5) is 0. The quantitative estimate of drug-likeness (QED) is 0.246. The number of hydrogen-bond acceptors (Lipinski definition) is 2. The van der Waals surface area contributed by atoms with Crippen LogP contribution in [0.3, 0.4) is 0 Å². The lowest BCUT2D eigenvalue weighted by Crippen LogP contribution is -2.25. The third-order valence-electron chi connectivity index (χ3n) is 7.85. The second kappa shape index (κ2) is 11.2. The number of benzene rings is 3. The molecule has 37 heavy (non-hydrogen) atoms. The van der Waals surface area contributed by atoms with E-state index in [2.05, 4.69) is 6.92 Å². The summed E-state index contributed by atoms with van der Waals surface area (Å²) in [5.41, 5.74) is 3.48. The van der Waals surface area contributed by atoms with Crippen molar-refractivity contribution in [3.8, 4) is 11.1 Å². The van der Waals surface area contributed by atoms with Crippen LogP contribution in [0.15, 0.2) is 54.6 Å². The van der Waals surface area contributed by atoms with Crippen LogP contribution < -0.4 is 0 Å². The molecule has 5 rings (SSSR count). The molecule has 0 radical (unpaired) electrons. The second-order valence-electron chi connectivity index (χ2n) is 10.4. The molecule has 1 saturated carbocycles. The first kappa shape index (κ1) is 25.7. The van der Waals surface area contributed by atoms with Gasteiger partial charge < -0.3 is 9.84 Å². The summed E-state index contributed by atoms with van der Waals surface area (Å²) in [5.74, 6) is -1.61. The van der Waals surface area contributed by atoms with Crippen molar-refractivity contribution in [2.45, 2.75) is 63.6 Å². The maximum Gasteiger partial charge on any atom is 0.166 e. The van der Waals surface area contributed by atoms with E-state index in [4.69, 9.17) is 4.74 Å². The Labute approximate surface area is 216 Å². The van der Waals surface area contributed by atoms with Crippen molar-refractivity contribution in [3.05, 3.63) is 94.3 Å². The zero-order valence-corrected chi connectivity index (χ0v) is 21.1. The Morgan fingerprint density at radius 2 is 1.51 bits per heavy atom.